The summed E-state index contributed by atoms with van der Waals surface area (Å²) in [4.78, 5) is 13.8. The Labute approximate surface area is 106 Å². The molecule has 0 unspecified atom stereocenters. The number of aromatic nitrogens is 2. The molecule has 0 aromatic carbocycles. The quantitative estimate of drug-likeness (QED) is 0.820. The molecule has 2 heterocycles. The molecule has 6 nitrogen and oxygen atoms in total. The van der Waals surface area contributed by atoms with Crippen LogP contribution in [0.2, 0.25) is 0 Å². The summed E-state index contributed by atoms with van der Waals surface area (Å²) in [6, 6.07) is 2.70. The van der Waals surface area contributed by atoms with E-state index in [1.807, 2.05) is 21.8 Å². The van der Waals surface area contributed by atoms with E-state index in [1.54, 1.807) is 0 Å². The van der Waals surface area contributed by atoms with Crippen molar-refractivity contribution in [2.75, 3.05) is 18.8 Å². The van der Waals surface area contributed by atoms with Crippen molar-refractivity contribution in [3.8, 4) is 0 Å². The van der Waals surface area contributed by atoms with Gasteiger partial charge in [-0.3, -0.25) is 4.68 Å². The van der Waals surface area contributed by atoms with Gasteiger partial charge in [-0.2, -0.15) is 5.10 Å². The smallest absolute Gasteiger partial charge is 0.317 e. The number of carbonyl (C=O) groups is 1. The summed E-state index contributed by atoms with van der Waals surface area (Å²) in [5.41, 5.74) is 5.62. The van der Waals surface area contributed by atoms with Gasteiger partial charge in [-0.15, -0.1) is 0 Å². The number of nitrogens with two attached hydrogens (primary N) is 1. The van der Waals surface area contributed by atoms with Gasteiger partial charge in [0.25, 0.3) is 0 Å². The van der Waals surface area contributed by atoms with E-state index in [-0.39, 0.29) is 6.03 Å². The van der Waals surface area contributed by atoms with E-state index in [0.29, 0.717) is 17.9 Å². The molecule has 6 heteroatoms. The predicted octanol–water partition coefficient (Wildman–Crippen LogP) is 0.974. The summed E-state index contributed by atoms with van der Waals surface area (Å²) in [5.74, 6) is 0.559. The molecular formula is C12H19N5O. The van der Waals surface area contributed by atoms with E-state index < -0.39 is 0 Å². The van der Waals surface area contributed by atoms with Gasteiger partial charge in [0.1, 0.15) is 5.82 Å². The zero-order valence-electron chi connectivity index (χ0n) is 10.4. The van der Waals surface area contributed by atoms with Crippen molar-refractivity contribution >= 4 is 11.8 Å². The minimum absolute atomic E-state index is 0.0935. The van der Waals surface area contributed by atoms with Crippen LogP contribution in [0.5, 0.6) is 0 Å². The number of urea groups is 1. The van der Waals surface area contributed by atoms with E-state index in [1.165, 1.54) is 0 Å². The maximum absolute atomic E-state index is 11.9. The summed E-state index contributed by atoms with van der Waals surface area (Å²) >= 11 is 0. The van der Waals surface area contributed by atoms with Gasteiger partial charge in [-0.1, -0.05) is 0 Å². The number of anilines is 1. The third kappa shape index (κ3) is 2.42. The summed E-state index contributed by atoms with van der Waals surface area (Å²) in [5, 5.41) is 7.26. The fourth-order valence-corrected chi connectivity index (χ4v) is 2.38. The third-order valence-corrected chi connectivity index (χ3v) is 3.66. The molecule has 2 fully saturated rings. The van der Waals surface area contributed by atoms with Gasteiger partial charge in [-0.25, -0.2) is 4.79 Å². The van der Waals surface area contributed by atoms with Crippen LogP contribution >= 0.6 is 0 Å². The summed E-state index contributed by atoms with van der Waals surface area (Å²) < 4.78 is 1.92. The molecule has 0 radical (unpaired) electrons. The number of hydrogen-bond donors (Lipinski definition) is 2. The predicted molar refractivity (Wildman–Crippen MR) is 68.0 cm³/mol. The fourth-order valence-electron chi connectivity index (χ4n) is 2.38. The minimum Gasteiger partial charge on any atom is -0.382 e. The molecule has 98 valence electrons. The van der Waals surface area contributed by atoms with Crippen molar-refractivity contribution < 1.29 is 4.79 Å². The van der Waals surface area contributed by atoms with Crippen LogP contribution in [-0.2, 0) is 0 Å². The number of amides is 2. The van der Waals surface area contributed by atoms with E-state index >= 15 is 0 Å². The zero-order valence-corrected chi connectivity index (χ0v) is 10.4. The molecule has 1 aromatic rings. The molecule has 1 aromatic heterocycles. The van der Waals surface area contributed by atoms with Gasteiger partial charge < -0.3 is 16.0 Å². The van der Waals surface area contributed by atoms with E-state index in [4.69, 9.17) is 5.73 Å². The summed E-state index contributed by atoms with van der Waals surface area (Å²) in [6.45, 7) is 1.59. The lowest BCUT2D eigenvalue weighted by Gasteiger charge is -2.32. The first-order valence-electron chi connectivity index (χ1n) is 6.58. The molecule has 3 N–H and O–H groups in total. The first-order chi connectivity index (χ1) is 8.72. The highest BCUT2D eigenvalue weighted by Gasteiger charge is 2.28. The molecule has 2 amide bonds. The van der Waals surface area contributed by atoms with E-state index in [2.05, 4.69) is 10.4 Å². The van der Waals surface area contributed by atoms with E-state index in [0.717, 1.165) is 38.8 Å². The van der Waals surface area contributed by atoms with Gasteiger partial charge in [0.2, 0.25) is 0 Å². The van der Waals surface area contributed by atoms with Gasteiger partial charge in [0.05, 0.1) is 6.04 Å². The molecule has 2 aliphatic rings. The largest absolute Gasteiger partial charge is 0.382 e. The first-order valence-corrected chi connectivity index (χ1v) is 6.58. The van der Waals surface area contributed by atoms with Crippen LogP contribution < -0.4 is 11.1 Å². The van der Waals surface area contributed by atoms with Crippen LogP contribution in [0, 0.1) is 0 Å². The Morgan fingerprint density at radius 2 is 2.06 bits per heavy atom. The maximum atomic E-state index is 11.9. The molecular weight excluding hydrogens is 230 g/mol. The monoisotopic (exact) mass is 249 g/mol. The fraction of sp³-hybridized carbons (Fsp3) is 0.667. The second-order valence-electron chi connectivity index (χ2n) is 5.16. The van der Waals surface area contributed by atoms with Gasteiger partial charge in [0.15, 0.2) is 0 Å². The molecule has 18 heavy (non-hydrogen) atoms. The lowest BCUT2D eigenvalue weighted by molar-refractivity contribution is 0.168. The van der Waals surface area contributed by atoms with Crippen molar-refractivity contribution in [3.05, 3.63) is 12.3 Å². The van der Waals surface area contributed by atoms with Crippen LogP contribution in [0.25, 0.3) is 0 Å². The van der Waals surface area contributed by atoms with Crippen LogP contribution in [0.15, 0.2) is 12.3 Å². The molecule has 0 spiro atoms. The number of piperidine rings is 1. The van der Waals surface area contributed by atoms with Gasteiger partial charge in [-0.05, 0) is 31.7 Å². The third-order valence-electron chi connectivity index (χ3n) is 3.66. The molecule has 1 aliphatic heterocycles. The number of carbonyl (C=O) groups excluding carboxylic acids is 1. The van der Waals surface area contributed by atoms with Crippen molar-refractivity contribution in [1.29, 1.82) is 0 Å². The number of nitrogens with zero attached hydrogens (tertiary/aromatic N) is 3. The maximum Gasteiger partial charge on any atom is 0.317 e. The van der Waals surface area contributed by atoms with Gasteiger partial charge >= 0.3 is 6.03 Å². The highest BCUT2D eigenvalue weighted by atomic mass is 16.2. The number of rotatable bonds is 2. The highest BCUT2D eigenvalue weighted by molar-refractivity contribution is 5.74. The minimum atomic E-state index is 0.0935. The zero-order chi connectivity index (χ0) is 12.5. The average molecular weight is 249 g/mol. The van der Waals surface area contributed by atoms with Crippen molar-refractivity contribution in [3.63, 3.8) is 0 Å². The standard InChI is InChI=1S/C12H19N5O/c13-11-5-8-17(15-11)10-3-6-16(7-4-10)12(18)14-9-1-2-9/h5,8-10H,1-4,6-7H2,(H2,13,15)(H,14,18). The molecule has 1 saturated carbocycles. The van der Waals surface area contributed by atoms with Crippen molar-refractivity contribution in [2.45, 2.75) is 37.8 Å². The van der Waals surface area contributed by atoms with Crippen LogP contribution in [0.1, 0.15) is 31.7 Å². The Morgan fingerprint density at radius 1 is 1.33 bits per heavy atom. The van der Waals surface area contributed by atoms with Crippen LogP contribution in [0.3, 0.4) is 0 Å². The highest BCUT2D eigenvalue weighted by Crippen LogP contribution is 2.23. The SMILES string of the molecule is Nc1ccn(C2CCN(C(=O)NC3CC3)CC2)n1. The normalized spacial score (nSPS) is 21.0. The second kappa shape index (κ2) is 4.51. The number of nitrogen functional groups attached to an aromatic ring is 1. The molecule has 0 bridgehead atoms. The van der Waals surface area contributed by atoms with Gasteiger partial charge in [0, 0.05) is 25.3 Å². The summed E-state index contributed by atoms with van der Waals surface area (Å²) in [6.07, 6.45) is 6.07. The topological polar surface area (TPSA) is 76.2 Å². The number of likely N-dealkylation sites (tertiary alicyclic amines) is 1. The Bertz CT molecular complexity index is 431. The Balaban J connectivity index is 1.52. The molecule has 1 aliphatic carbocycles. The number of nitrogens with one attached hydrogen (secondary N) is 1. The molecule has 3 rings (SSSR count). The lowest BCUT2D eigenvalue weighted by Crippen LogP contribution is -2.45. The van der Waals surface area contributed by atoms with Crippen LogP contribution in [0.4, 0.5) is 10.6 Å². The van der Waals surface area contributed by atoms with E-state index in [9.17, 15) is 4.79 Å². The molecule has 0 atom stereocenters. The number of hydrogen-bond acceptors (Lipinski definition) is 3. The van der Waals surface area contributed by atoms with Crippen LogP contribution in [-0.4, -0.2) is 39.8 Å². The Kier molecular flexibility index (Phi) is 2.85. The average Bonchev–Trinajstić information content (AvgIpc) is 3.09. The summed E-state index contributed by atoms with van der Waals surface area (Å²) in [7, 11) is 0. The first kappa shape index (κ1) is 11.4. The Hall–Kier alpha value is -1.72. The Morgan fingerprint density at radius 3 is 2.61 bits per heavy atom. The molecule has 1 saturated heterocycles. The lowest BCUT2D eigenvalue weighted by atomic mass is 10.1. The van der Waals surface area contributed by atoms with Crippen molar-refractivity contribution in [2.24, 2.45) is 0 Å². The van der Waals surface area contributed by atoms with Crippen molar-refractivity contribution in [1.82, 2.24) is 20.0 Å². The second-order valence-corrected chi connectivity index (χ2v) is 5.16.